The smallest absolute Gasteiger partial charge is 0.257 e. The van der Waals surface area contributed by atoms with Crippen molar-refractivity contribution in [2.45, 2.75) is 12.8 Å². The summed E-state index contributed by atoms with van der Waals surface area (Å²) in [6, 6.07) is 26.1. The molecule has 0 aliphatic carbocycles. The molecule has 29 heavy (non-hydrogen) atoms. The minimum atomic E-state index is -0.121. The monoisotopic (exact) mass is 462 g/mol. The van der Waals surface area contributed by atoms with E-state index in [1.54, 1.807) is 0 Å². The first kappa shape index (κ1) is 19.6. The van der Waals surface area contributed by atoms with Crippen molar-refractivity contribution in [2.24, 2.45) is 0 Å². The molecule has 0 aliphatic rings. The first-order valence-corrected chi connectivity index (χ1v) is 11.0. The van der Waals surface area contributed by atoms with Gasteiger partial charge in [-0.25, -0.2) is 4.98 Å². The molecular weight excluding hydrogens is 444 g/mol. The molecule has 0 saturated heterocycles. The highest BCUT2D eigenvalue weighted by atomic mass is 79.9. The molecule has 1 aromatic heterocycles. The first-order chi connectivity index (χ1) is 14.2. The Kier molecular flexibility index (Phi) is 6.17. The maximum atomic E-state index is 12.9. The molecule has 1 N–H and O–H groups in total. The van der Waals surface area contributed by atoms with Crippen molar-refractivity contribution in [1.29, 1.82) is 0 Å². The van der Waals surface area contributed by atoms with Crippen molar-refractivity contribution < 1.29 is 4.79 Å². The summed E-state index contributed by atoms with van der Waals surface area (Å²) in [6.07, 6.45) is 1.71. The Morgan fingerprint density at radius 1 is 0.931 bits per heavy atom. The number of aryl methyl sites for hydroxylation is 2. The number of nitrogens with one attached hydrogen (secondary N) is 1. The van der Waals surface area contributed by atoms with Crippen LogP contribution >= 0.6 is 27.3 Å². The van der Waals surface area contributed by atoms with Gasteiger partial charge in [-0.3, -0.25) is 10.1 Å². The zero-order valence-corrected chi connectivity index (χ0v) is 18.0. The molecule has 4 rings (SSSR count). The van der Waals surface area contributed by atoms with Crippen LogP contribution in [0.1, 0.15) is 21.5 Å². The first-order valence-electron chi connectivity index (χ1n) is 9.34. The van der Waals surface area contributed by atoms with Crippen LogP contribution < -0.4 is 5.32 Å². The number of anilines is 1. The number of aromatic nitrogens is 1. The molecule has 0 spiro atoms. The van der Waals surface area contributed by atoms with Crippen molar-refractivity contribution in [2.75, 3.05) is 5.32 Å². The van der Waals surface area contributed by atoms with Gasteiger partial charge in [0, 0.05) is 21.0 Å². The maximum absolute atomic E-state index is 12.9. The van der Waals surface area contributed by atoms with Crippen LogP contribution in [-0.4, -0.2) is 10.9 Å². The molecule has 4 aromatic rings. The third-order valence-electron chi connectivity index (χ3n) is 4.63. The molecule has 1 heterocycles. The number of carbonyl (C=O) groups is 1. The zero-order chi connectivity index (χ0) is 20.1. The number of thiazole rings is 1. The van der Waals surface area contributed by atoms with E-state index in [0.717, 1.165) is 34.1 Å². The lowest BCUT2D eigenvalue weighted by atomic mass is 9.99. The van der Waals surface area contributed by atoms with Gasteiger partial charge in [0.05, 0.1) is 5.69 Å². The summed E-state index contributed by atoms with van der Waals surface area (Å²) in [5, 5.41) is 5.52. The van der Waals surface area contributed by atoms with Crippen LogP contribution in [0.15, 0.2) is 88.7 Å². The number of hydrogen-bond donors (Lipinski definition) is 1. The molecule has 0 radical (unpaired) electrons. The van der Waals surface area contributed by atoms with Crippen LogP contribution in [0.25, 0.3) is 11.3 Å². The van der Waals surface area contributed by atoms with E-state index in [-0.39, 0.29) is 5.91 Å². The number of benzene rings is 3. The van der Waals surface area contributed by atoms with Crippen LogP contribution in [-0.2, 0) is 12.8 Å². The Hall–Kier alpha value is -2.76. The van der Waals surface area contributed by atoms with Gasteiger partial charge in [0.2, 0.25) is 0 Å². The molecule has 144 valence electrons. The number of halogens is 1. The molecule has 3 nitrogen and oxygen atoms in total. The number of carbonyl (C=O) groups excluding carboxylic acids is 1. The highest BCUT2D eigenvalue weighted by Crippen LogP contribution is 2.27. The van der Waals surface area contributed by atoms with E-state index in [0.29, 0.717) is 10.7 Å². The van der Waals surface area contributed by atoms with Gasteiger partial charge in [-0.05, 0) is 42.2 Å². The Morgan fingerprint density at radius 3 is 2.55 bits per heavy atom. The summed E-state index contributed by atoms with van der Waals surface area (Å²) in [6.45, 7) is 0. The molecular formula is C24H19BrN2OS. The average Bonchev–Trinajstić information content (AvgIpc) is 3.22. The molecule has 0 aliphatic heterocycles. The predicted octanol–water partition coefficient (Wildman–Crippen LogP) is 6.61. The predicted molar refractivity (Wildman–Crippen MR) is 123 cm³/mol. The summed E-state index contributed by atoms with van der Waals surface area (Å²) in [4.78, 5) is 17.5. The molecule has 3 aromatic carbocycles. The minimum Gasteiger partial charge on any atom is -0.298 e. The van der Waals surface area contributed by atoms with Crippen molar-refractivity contribution in [3.63, 3.8) is 0 Å². The van der Waals surface area contributed by atoms with Crippen LogP contribution in [0.3, 0.4) is 0 Å². The van der Waals surface area contributed by atoms with Crippen molar-refractivity contribution in [3.05, 3.63) is 105 Å². The fourth-order valence-electron chi connectivity index (χ4n) is 3.16. The van der Waals surface area contributed by atoms with E-state index in [1.165, 1.54) is 16.9 Å². The third kappa shape index (κ3) is 5.00. The molecule has 1 amide bonds. The van der Waals surface area contributed by atoms with E-state index in [1.807, 2.05) is 72.1 Å². The Balaban J connectivity index is 1.48. The van der Waals surface area contributed by atoms with E-state index in [4.69, 9.17) is 0 Å². The van der Waals surface area contributed by atoms with Gasteiger partial charge in [-0.1, -0.05) is 76.6 Å². The van der Waals surface area contributed by atoms with E-state index in [9.17, 15) is 4.79 Å². The lowest BCUT2D eigenvalue weighted by Gasteiger charge is -2.09. The standard InChI is InChI=1S/C24H19BrN2OS/c25-20-11-6-10-19(15-20)22-16-29-24(26-22)27-23(28)21-12-5-4-9-18(21)14-13-17-7-2-1-3-8-17/h1-12,15-16H,13-14H2,(H,26,27,28). The van der Waals surface area contributed by atoms with Gasteiger partial charge in [0.15, 0.2) is 5.13 Å². The highest BCUT2D eigenvalue weighted by molar-refractivity contribution is 9.10. The van der Waals surface area contributed by atoms with Crippen LogP contribution in [0.4, 0.5) is 5.13 Å². The summed E-state index contributed by atoms with van der Waals surface area (Å²) in [7, 11) is 0. The highest BCUT2D eigenvalue weighted by Gasteiger charge is 2.13. The van der Waals surface area contributed by atoms with E-state index >= 15 is 0 Å². The summed E-state index contributed by atoms with van der Waals surface area (Å²) >= 11 is 4.91. The quantitative estimate of drug-likeness (QED) is 0.350. The molecule has 0 atom stereocenters. The van der Waals surface area contributed by atoms with E-state index < -0.39 is 0 Å². The molecule has 0 saturated carbocycles. The summed E-state index contributed by atoms with van der Waals surface area (Å²) < 4.78 is 1.00. The topological polar surface area (TPSA) is 42.0 Å². The summed E-state index contributed by atoms with van der Waals surface area (Å²) in [5.74, 6) is -0.121. The fourth-order valence-corrected chi connectivity index (χ4v) is 4.27. The molecule has 0 unspecified atom stereocenters. The van der Waals surface area contributed by atoms with Gasteiger partial charge in [0.25, 0.3) is 5.91 Å². The van der Waals surface area contributed by atoms with Crippen LogP contribution in [0.5, 0.6) is 0 Å². The van der Waals surface area contributed by atoms with Crippen molar-refractivity contribution >= 4 is 38.3 Å². The minimum absolute atomic E-state index is 0.121. The second-order valence-corrected chi connectivity index (χ2v) is 8.42. The van der Waals surface area contributed by atoms with Crippen molar-refractivity contribution in [3.8, 4) is 11.3 Å². The maximum Gasteiger partial charge on any atom is 0.257 e. The Labute approximate surface area is 182 Å². The number of hydrogen-bond acceptors (Lipinski definition) is 3. The number of rotatable bonds is 6. The largest absolute Gasteiger partial charge is 0.298 e. The Morgan fingerprint density at radius 2 is 1.72 bits per heavy atom. The lowest BCUT2D eigenvalue weighted by Crippen LogP contribution is -2.14. The van der Waals surface area contributed by atoms with Crippen LogP contribution in [0, 0.1) is 0 Å². The Bertz CT molecular complexity index is 1120. The van der Waals surface area contributed by atoms with Gasteiger partial charge in [0.1, 0.15) is 0 Å². The average molecular weight is 463 g/mol. The number of nitrogens with zero attached hydrogens (tertiary/aromatic N) is 1. The second kappa shape index (κ2) is 9.16. The van der Waals surface area contributed by atoms with Gasteiger partial charge in [-0.15, -0.1) is 11.3 Å². The SMILES string of the molecule is O=C(Nc1nc(-c2cccc(Br)c2)cs1)c1ccccc1CCc1ccccc1. The molecule has 0 bridgehead atoms. The zero-order valence-electron chi connectivity index (χ0n) is 15.6. The van der Waals surface area contributed by atoms with Gasteiger partial charge < -0.3 is 0 Å². The molecule has 0 fully saturated rings. The third-order valence-corrected chi connectivity index (χ3v) is 5.88. The van der Waals surface area contributed by atoms with E-state index in [2.05, 4.69) is 38.4 Å². The van der Waals surface area contributed by atoms with Crippen molar-refractivity contribution in [1.82, 2.24) is 4.98 Å². The normalized spacial score (nSPS) is 10.7. The number of amides is 1. The fraction of sp³-hybridized carbons (Fsp3) is 0.0833. The van der Waals surface area contributed by atoms with Gasteiger partial charge >= 0.3 is 0 Å². The van der Waals surface area contributed by atoms with Gasteiger partial charge in [-0.2, -0.15) is 0 Å². The molecule has 5 heteroatoms. The second-order valence-electron chi connectivity index (χ2n) is 6.65. The van der Waals surface area contributed by atoms with Crippen LogP contribution in [0.2, 0.25) is 0 Å². The summed E-state index contributed by atoms with van der Waals surface area (Å²) in [5.41, 5.74) is 4.87. The lowest BCUT2D eigenvalue weighted by molar-refractivity contribution is 0.102.